The van der Waals surface area contributed by atoms with Crippen molar-refractivity contribution in [1.29, 1.82) is 0 Å². The monoisotopic (exact) mass is 240 g/mol. The lowest BCUT2D eigenvalue weighted by Crippen LogP contribution is -2.11. The van der Waals surface area contributed by atoms with Crippen molar-refractivity contribution in [2.45, 2.75) is 27.3 Å². The molecular formula is C16H20N2. The average Bonchev–Trinajstić information content (AvgIpc) is 2.38. The van der Waals surface area contributed by atoms with Crippen LogP contribution in [0, 0.1) is 13.8 Å². The summed E-state index contributed by atoms with van der Waals surface area (Å²) in [7, 11) is 0. The van der Waals surface area contributed by atoms with Crippen molar-refractivity contribution in [3.63, 3.8) is 0 Å². The van der Waals surface area contributed by atoms with Crippen LogP contribution in [-0.2, 0) is 6.54 Å². The Morgan fingerprint density at radius 3 is 2.67 bits per heavy atom. The Kier molecular flexibility index (Phi) is 4.11. The zero-order valence-electron chi connectivity index (χ0n) is 11.3. The minimum atomic E-state index is 0.920. The molecule has 94 valence electrons. The number of hydrogen-bond donors (Lipinski definition) is 1. The number of benzene rings is 1. The van der Waals surface area contributed by atoms with E-state index >= 15 is 0 Å². The van der Waals surface area contributed by atoms with Gasteiger partial charge in [-0.1, -0.05) is 19.1 Å². The van der Waals surface area contributed by atoms with Crippen LogP contribution < -0.4 is 5.32 Å². The van der Waals surface area contributed by atoms with Gasteiger partial charge in [0.2, 0.25) is 0 Å². The zero-order valence-corrected chi connectivity index (χ0v) is 11.3. The summed E-state index contributed by atoms with van der Waals surface area (Å²) < 4.78 is 0. The highest BCUT2D eigenvalue weighted by molar-refractivity contribution is 5.67. The van der Waals surface area contributed by atoms with Gasteiger partial charge in [0.15, 0.2) is 0 Å². The van der Waals surface area contributed by atoms with E-state index in [1.165, 1.54) is 27.8 Å². The van der Waals surface area contributed by atoms with Crippen molar-refractivity contribution >= 4 is 0 Å². The van der Waals surface area contributed by atoms with Gasteiger partial charge in [0, 0.05) is 24.5 Å². The van der Waals surface area contributed by atoms with E-state index in [1.54, 1.807) is 0 Å². The topological polar surface area (TPSA) is 24.9 Å². The molecule has 0 saturated heterocycles. The third kappa shape index (κ3) is 2.96. The second kappa shape index (κ2) is 5.78. The summed E-state index contributed by atoms with van der Waals surface area (Å²) in [5.74, 6) is 0. The number of rotatable bonds is 4. The summed E-state index contributed by atoms with van der Waals surface area (Å²) in [6.45, 7) is 8.26. The van der Waals surface area contributed by atoms with Gasteiger partial charge in [0.05, 0.1) is 0 Å². The summed E-state index contributed by atoms with van der Waals surface area (Å²) in [6.07, 6.45) is 3.83. The summed E-state index contributed by atoms with van der Waals surface area (Å²) in [4.78, 5) is 4.28. The third-order valence-electron chi connectivity index (χ3n) is 3.07. The van der Waals surface area contributed by atoms with Crippen molar-refractivity contribution in [2.75, 3.05) is 6.54 Å². The molecule has 18 heavy (non-hydrogen) atoms. The molecule has 2 aromatic rings. The Morgan fingerprint density at radius 2 is 1.94 bits per heavy atom. The fourth-order valence-corrected chi connectivity index (χ4v) is 2.06. The third-order valence-corrected chi connectivity index (χ3v) is 3.07. The first-order valence-corrected chi connectivity index (χ1v) is 6.43. The molecule has 1 aromatic heterocycles. The van der Waals surface area contributed by atoms with Gasteiger partial charge in [-0.3, -0.25) is 4.98 Å². The van der Waals surface area contributed by atoms with Crippen molar-refractivity contribution in [1.82, 2.24) is 10.3 Å². The molecule has 0 unspecified atom stereocenters. The Morgan fingerprint density at radius 1 is 1.11 bits per heavy atom. The van der Waals surface area contributed by atoms with Crippen LogP contribution in [-0.4, -0.2) is 11.5 Å². The molecule has 0 fully saturated rings. The van der Waals surface area contributed by atoms with Crippen molar-refractivity contribution in [3.05, 3.63) is 53.3 Å². The van der Waals surface area contributed by atoms with E-state index in [2.05, 4.69) is 55.3 Å². The fraction of sp³-hybridized carbons (Fsp3) is 0.312. The van der Waals surface area contributed by atoms with Gasteiger partial charge in [-0.05, 0) is 54.8 Å². The van der Waals surface area contributed by atoms with Crippen LogP contribution in [0.25, 0.3) is 11.1 Å². The highest BCUT2D eigenvalue weighted by Gasteiger charge is 2.04. The quantitative estimate of drug-likeness (QED) is 0.885. The lowest BCUT2D eigenvalue weighted by atomic mass is 9.98. The number of nitrogens with one attached hydrogen (secondary N) is 1. The number of aromatic nitrogens is 1. The normalized spacial score (nSPS) is 10.6. The molecule has 0 amide bonds. The van der Waals surface area contributed by atoms with Crippen LogP contribution >= 0.6 is 0 Å². The highest BCUT2D eigenvalue weighted by atomic mass is 14.8. The average molecular weight is 240 g/mol. The Labute approximate surface area is 109 Å². The molecule has 2 heteroatoms. The van der Waals surface area contributed by atoms with Crippen LogP contribution in [0.15, 0.2) is 36.7 Å². The highest BCUT2D eigenvalue weighted by Crippen LogP contribution is 2.24. The van der Waals surface area contributed by atoms with Crippen LogP contribution in [0.5, 0.6) is 0 Å². The molecule has 0 atom stereocenters. The van der Waals surface area contributed by atoms with Crippen LogP contribution in [0.3, 0.4) is 0 Å². The molecule has 0 bridgehead atoms. The number of aryl methyl sites for hydroxylation is 2. The predicted molar refractivity (Wildman–Crippen MR) is 76.5 cm³/mol. The van der Waals surface area contributed by atoms with Gasteiger partial charge < -0.3 is 5.32 Å². The first-order chi connectivity index (χ1) is 8.70. The second-order valence-electron chi connectivity index (χ2n) is 4.68. The lowest BCUT2D eigenvalue weighted by Gasteiger charge is -2.10. The Balaban J connectivity index is 2.37. The van der Waals surface area contributed by atoms with E-state index < -0.39 is 0 Å². The van der Waals surface area contributed by atoms with E-state index in [9.17, 15) is 0 Å². The number of nitrogens with zero attached hydrogens (tertiary/aromatic N) is 1. The SMILES string of the molecule is CCNCc1ccc(C)c(-c2cncc(C)c2)c1. The molecule has 0 spiro atoms. The second-order valence-corrected chi connectivity index (χ2v) is 4.68. The van der Waals surface area contributed by atoms with Gasteiger partial charge in [-0.15, -0.1) is 0 Å². The Bertz CT molecular complexity index is 532. The largest absolute Gasteiger partial charge is 0.313 e. The van der Waals surface area contributed by atoms with Crippen LogP contribution in [0.4, 0.5) is 0 Å². The smallest absolute Gasteiger partial charge is 0.0346 e. The van der Waals surface area contributed by atoms with Crippen molar-refractivity contribution in [2.24, 2.45) is 0 Å². The molecule has 0 aliphatic rings. The number of pyridine rings is 1. The standard InChI is InChI=1S/C16H20N2/c1-4-17-10-14-6-5-13(3)16(8-14)15-7-12(2)9-18-11-15/h5-9,11,17H,4,10H2,1-3H3. The van der Waals surface area contributed by atoms with Gasteiger partial charge in [-0.25, -0.2) is 0 Å². The minimum absolute atomic E-state index is 0.920. The van der Waals surface area contributed by atoms with Gasteiger partial charge in [0.1, 0.15) is 0 Å². The molecule has 2 rings (SSSR count). The molecule has 0 radical (unpaired) electrons. The molecule has 1 aromatic carbocycles. The van der Waals surface area contributed by atoms with Gasteiger partial charge in [0.25, 0.3) is 0 Å². The fourth-order valence-electron chi connectivity index (χ4n) is 2.06. The molecule has 0 aliphatic heterocycles. The van der Waals surface area contributed by atoms with Gasteiger partial charge >= 0.3 is 0 Å². The molecular weight excluding hydrogens is 220 g/mol. The van der Waals surface area contributed by atoms with E-state index in [0.29, 0.717) is 0 Å². The molecule has 0 aliphatic carbocycles. The van der Waals surface area contributed by atoms with E-state index in [-0.39, 0.29) is 0 Å². The van der Waals surface area contributed by atoms with E-state index in [1.807, 2.05) is 12.4 Å². The molecule has 1 N–H and O–H groups in total. The zero-order chi connectivity index (χ0) is 13.0. The maximum absolute atomic E-state index is 4.28. The molecule has 1 heterocycles. The van der Waals surface area contributed by atoms with Crippen molar-refractivity contribution < 1.29 is 0 Å². The van der Waals surface area contributed by atoms with E-state index in [0.717, 1.165) is 13.1 Å². The van der Waals surface area contributed by atoms with Crippen molar-refractivity contribution in [3.8, 4) is 11.1 Å². The summed E-state index contributed by atoms with van der Waals surface area (Å²) in [5, 5.41) is 3.36. The summed E-state index contributed by atoms with van der Waals surface area (Å²) >= 11 is 0. The Hall–Kier alpha value is -1.67. The first kappa shape index (κ1) is 12.8. The molecule has 0 saturated carbocycles. The van der Waals surface area contributed by atoms with Gasteiger partial charge in [-0.2, -0.15) is 0 Å². The first-order valence-electron chi connectivity index (χ1n) is 6.43. The van der Waals surface area contributed by atoms with E-state index in [4.69, 9.17) is 0 Å². The van der Waals surface area contributed by atoms with Crippen LogP contribution in [0.1, 0.15) is 23.6 Å². The minimum Gasteiger partial charge on any atom is -0.313 e. The maximum Gasteiger partial charge on any atom is 0.0346 e. The predicted octanol–water partition coefficient (Wildman–Crippen LogP) is 3.47. The summed E-state index contributed by atoms with van der Waals surface area (Å²) in [5.41, 5.74) is 6.29. The lowest BCUT2D eigenvalue weighted by molar-refractivity contribution is 0.727. The maximum atomic E-state index is 4.28. The summed E-state index contributed by atoms with van der Waals surface area (Å²) in [6, 6.07) is 8.82. The number of hydrogen-bond acceptors (Lipinski definition) is 2. The molecule has 2 nitrogen and oxygen atoms in total. The van der Waals surface area contributed by atoms with Crippen LogP contribution in [0.2, 0.25) is 0 Å².